The SMILES string of the molecule is CC(C)C1C=C[N+](C(C)C)=N1. The van der Waals surface area contributed by atoms with Gasteiger partial charge in [0.25, 0.3) is 0 Å². The van der Waals surface area contributed by atoms with Gasteiger partial charge < -0.3 is 0 Å². The maximum absolute atomic E-state index is 4.51. The Morgan fingerprint density at radius 2 is 1.91 bits per heavy atom. The maximum Gasteiger partial charge on any atom is 0.194 e. The van der Waals surface area contributed by atoms with Gasteiger partial charge in [-0.25, -0.2) is 0 Å². The second-order valence-corrected chi connectivity index (χ2v) is 3.67. The minimum Gasteiger partial charge on any atom is -0.0936 e. The van der Waals surface area contributed by atoms with Crippen LogP contribution in [0.25, 0.3) is 0 Å². The first kappa shape index (κ1) is 8.44. The van der Waals surface area contributed by atoms with Crippen molar-refractivity contribution in [3.05, 3.63) is 12.3 Å². The van der Waals surface area contributed by atoms with Crippen LogP contribution in [0.3, 0.4) is 0 Å². The summed E-state index contributed by atoms with van der Waals surface area (Å²) >= 11 is 0. The third-order valence-electron chi connectivity index (χ3n) is 1.91. The van der Waals surface area contributed by atoms with Crippen molar-refractivity contribution in [1.29, 1.82) is 0 Å². The fraction of sp³-hybridized carbons (Fsp3) is 0.778. The van der Waals surface area contributed by atoms with E-state index in [9.17, 15) is 0 Å². The van der Waals surface area contributed by atoms with E-state index in [1.165, 1.54) is 0 Å². The van der Waals surface area contributed by atoms with E-state index in [1.807, 2.05) is 4.70 Å². The van der Waals surface area contributed by atoms with Gasteiger partial charge in [0.15, 0.2) is 12.2 Å². The van der Waals surface area contributed by atoms with Crippen molar-refractivity contribution in [3.8, 4) is 0 Å². The molecule has 1 aliphatic heterocycles. The first-order chi connectivity index (χ1) is 5.11. The van der Waals surface area contributed by atoms with E-state index in [2.05, 4.69) is 45.1 Å². The molecule has 0 spiro atoms. The zero-order chi connectivity index (χ0) is 8.43. The Morgan fingerprint density at radius 3 is 2.18 bits per heavy atom. The number of nitrogens with zero attached hydrogens (tertiary/aromatic N) is 2. The van der Waals surface area contributed by atoms with Gasteiger partial charge in [-0.3, -0.25) is 0 Å². The molecule has 1 atom stereocenters. The minimum absolute atomic E-state index is 0.400. The molecule has 0 bridgehead atoms. The summed E-state index contributed by atoms with van der Waals surface area (Å²) in [6, 6.07) is 0.896. The molecule has 1 rings (SSSR count). The smallest absolute Gasteiger partial charge is 0.0936 e. The number of hydrogen-bond acceptors (Lipinski definition) is 1. The Kier molecular flexibility index (Phi) is 2.42. The van der Waals surface area contributed by atoms with Gasteiger partial charge in [-0.15, -0.1) is 0 Å². The summed E-state index contributed by atoms with van der Waals surface area (Å²) in [5.41, 5.74) is 0. The van der Waals surface area contributed by atoms with Crippen LogP contribution < -0.4 is 0 Å². The second-order valence-electron chi connectivity index (χ2n) is 3.67. The van der Waals surface area contributed by atoms with Gasteiger partial charge in [-0.1, -0.05) is 18.5 Å². The molecule has 62 valence electrons. The molecule has 0 saturated heterocycles. The van der Waals surface area contributed by atoms with E-state index in [0.717, 1.165) is 0 Å². The Bertz CT molecular complexity index is 190. The average molecular weight is 153 g/mol. The fourth-order valence-electron chi connectivity index (χ4n) is 1.07. The fourth-order valence-corrected chi connectivity index (χ4v) is 1.07. The first-order valence-corrected chi connectivity index (χ1v) is 4.28. The molecule has 1 heterocycles. The highest BCUT2D eigenvalue weighted by molar-refractivity contribution is 4.92. The van der Waals surface area contributed by atoms with Crippen molar-refractivity contribution in [2.24, 2.45) is 11.0 Å². The lowest BCUT2D eigenvalue weighted by Gasteiger charge is -2.02. The van der Waals surface area contributed by atoms with Gasteiger partial charge in [0, 0.05) is 6.08 Å². The predicted octanol–water partition coefficient (Wildman–Crippen LogP) is 2.41. The largest absolute Gasteiger partial charge is 0.194 e. The number of rotatable bonds is 2. The Hall–Kier alpha value is -0.660. The number of hydrogen-bond donors (Lipinski definition) is 0. The minimum atomic E-state index is 0.400. The monoisotopic (exact) mass is 153 g/mol. The van der Waals surface area contributed by atoms with E-state index in [-0.39, 0.29) is 0 Å². The molecule has 0 aromatic carbocycles. The van der Waals surface area contributed by atoms with Crippen LogP contribution in [0.15, 0.2) is 17.4 Å². The third-order valence-corrected chi connectivity index (χ3v) is 1.91. The van der Waals surface area contributed by atoms with Crippen LogP contribution in [-0.4, -0.2) is 16.8 Å². The van der Waals surface area contributed by atoms with Gasteiger partial charge in [0.2, 0.25) is 0 Å². The molecule has 11 heavy (non-hydrogen) atoms. The molecule has 1 unspecified atom stereocenters. The van der Waals surface area contributed by atoms with E-state index in [1.54, 1.807) is 0 Å². The van der Waals surface area contributed by atoms with E-state index in [0.29, 0.717) is 18.0 Å². The summed E-state index contributed by atoms with van der Waals surface area (Å²) in [7, 11) is 0. The van der Waals surface area contributed by atoms with Crippen LogP contribution in [0.1, 0.15) is 27.7 Å². The van der Waals surface area contributed by atoms with Crippen molar-refractivity contribution >= 4 is 0 Å². The number of azo groups is 2. The zero-order valence-electron chi connectivity index (χ0n) is 7.78. The molecule has 0 amide bonds. The van der Waals surface area contributed by atoms with Gasteiger partial charge in [-0.2, -0.15) is 0 Å². The summed E-state index contributed by atoms with van der Waals surface area (Å²) in [6.07, 6.45) is 4.25. The van der Waals surface area contributed by atoms with Gasteiger partial charge in [0.1, 0.15) is 6.04 Å². The van der Waals surface area contributed by atoms with Crippen molar-refractivity contribution in [3.63, 3.8) is 0 Å². The van der Waals surface area contributed by atoms with Crippen LogP contribution in [0.5, 0.6) is 0 Å². The van der Waals surface area contributed by atoms with Crippen molar-refractivity contribution in [2.45, 2.75) is 39.8 Å². The first-order valence-electron chi connectivity index (χ1n) is 4.28. The lowest BCUT2D eigenvalue weighted by atomic mass is 10.1. The highest BCUT2D eigenvalue weighted by Crippen LogP contribution is 2.14. The van der Waals surface area contributed by atoms with Gasteiger partial charge in [0.05, 0.1) is 0 Å². The predicted molar refractivity (Wildman–Crippen MR) is 45.6 cm³/mol. The molecule has 2 nitrogen and oxygen atoms in total. The molecule has 0 aliphatic carbocycles. The van der Waals surface area contributed by atoms with Crippen LogP contribution in [0.2, 0.25) is 0 Å². The maximum atomic E-state index is 4.51. The molecule has 0 aromatic rings. The van der Waals surface area contributed by atoms with E-state index in [4.69, 9.17) is 0 Å². The average Bonchev–Trinajstić information content (AvgIpc) is 2.33. The summed E-state index contributed by atoms with van der Waals surface area (Å²) in [5, 5.41) is 4.51. The Labute approximate surface area is 68.6 Å². The Morgan fingerprint density at radius 1 is 1.27 bits per heavy atom. The summed E-state index contributed by atoms with van der Waals surface area (Å²) in [6.45, 7) is 8.69. The quantitative estimate of drug-likeness (QED) is 0.541. The molecular weight excluding hydrogens is 136 g/mol. The highest BCUT2D eigenvalue weighted by Gasteiger charge is 2.22. The lowest BCUT2D eigenvalue weighted by molar-refractivity contribution is -0.556. The highest BCUT2D eigenvalue weighted by atomic mass is 15.3. The molecule has 2 heteroatoms. The lowest BCUT2D eigenvalue weighted by Crippen LogP contribution is -2.12. The molecule has 0 N–H and O–H groups in total. The summed E-state index contributed by atoms with van der Waals surface area (Å²) in [4.78, 5) is 0. The van der Waals surface area contributed by atoms with Crippen LogP contribution in [-0.2, 0) is 0 Å². The van der Waals surface area contributed by atoms with Gasteiger partial charge >= 0.3 is 0 Å². The van der Waals surface area contributed by atoms with Crippen LogP contribution in [0, 0.1) is 5.92 Å². The molecule has 0 fully saturated rings. The molecule has 0 saturated carbocycles. The summed E-state index contributed by atoms with van der Waals surface area (Å²) < 4.78 is 2.03. The molecule has 1 aliphatic rings. The molecule has 0 aromatic heterocycles. The van der Waals surface area contributed by atoms with Crippen molar-refractivity contribution in [1.82, 2.24) is 0 Å². The topological polar surface area (TPSA) is 15.4 Å². The van der Waals surface area contributed by atoms with Gasteiger partial charge in [-0.05, 0) is 24.9 Å². The Balaban J connectivity index is 2.63. The summed E-state index contributed by atoms with van der Waals surface area (Å²) in [5.74, 6) is 0.620. The standard InChI is InChI=1S/C9H17N2/c1-7(2)9-5-6-11(10-9)8(3)4/h5-9H,1-4H3/q+1. The van der Waals surface area contributed by atoms with Crippen LogP contribution in [0.4, 0.5) is 0 Å². The normalized spacial score (nSPS) is 23.5. The van der Waals surface area contributed by atoms with Crippen molar-refractivity contribution < 1.29 is 4.70 Å². The molecule has 0 radical (unpaired) electrons. The third kappa shape index (κ3) is 1.88. The van der Waals surface area contributed by atoms with Crippen molar-refractivity contribution in [2.75, 3.05) is 0 Å². The van der Waals surface area contributed by atoms with E-state index < -0.39 is 0 Å². The van der Waals surface area contributed by atoms with E-state index >= 15 is 0 Å². The molecular formula is C9H17N2+. The second kappa shape index (κ2) is 3.16. The zero-order valence-corrected chi connectivity index (χ0v) is 7.78. The van der Waals surface area contributed by atoms with Crippen LogP contribution >= 0.6 is 0 Å².